The van der Waals surface area contributed by atoms with E-state index < -0.39 is 29.3 Å². The lowest BCUT2D eigenvalue weighted by Gasteiger charge is -2.34. The molecule has 3 aliphatic heterocycles. The topological polar surface area (TPSA) is 147 Å². The van der Waals surface area contributed by atoms with Crippen LogP contribution in [0.15, 0.2) is 28.6 Å². The number of hydrogen-bond donors (Lipinski definition) is 3. The second-order valence-electron chi connectivity index (χ2n) is 7.01. The van der Waals surface area contributed by atoms with Crippen molar-refractivity contribution in [1.82, 2.24) is 20.9 Å². The van der Waals surface area contributed by atoms with Crippen LogP contribution in [0.5, 0.6) is 5.75 Å². The van der Waals surface area contributed by atoms with E-state index in [1.165, 1.54) is 19.1 Å². The minimum atomic E-state index is -0.926. The van der Waals surface area contributed by atoms with E-state index >= 15 is 0 Å². The lowest BCUT2D eigenvalue weighted by atomic mass is 10.0. The maximum Gasteiger partial charge on any atom is 0.410 e. The first-order chi connectivity index (χ1) is 14.3. The first-order valence-corrected chi connectivity index (χ1v) is 9.30. The number of nitrogens with one attached hydrogen (secondary N) is 3. The third-order valence-electron chi connectivity index (χ3n) is 4.97. The summed E-state index contributed by atoms with van der Waals surface area (Å²) in [6.45, 7) is 2.49. The minimum Gasteiger partial charge on any atom is -0.493 e. The van der Waals surface area contributed by atoms with E-state index in [4.69, 9.17) is 9.47 Å². The molecule has 12 nitrogen and oxygen atoms in total. The van der Waals surface area contributed by atoms with Crippen LogP contribution in [0.2, 0.25) is 0 Å². The van der Waals surface area contributed by atoms with Gasteiger partial charge < -0.3 is 25.0 Å². The number of alkyl carbamates (subject to hydrolysis) is 1. The number of amides is 2. The largest absolute Gasteiger partial charge is 0.493 e. The fraction of sp³-hybridized carbons (Fsp3) is 0.389. The highest BCUT2D eigenvalue weighted by Gasteiger charge is 2.32. The van der Waals surface area contributed by atoms with Crippen LogP contribution in [-0.4, -0.2) is 54.5 Å². The quantitative estimate of drug-likeness (QED) is 0.475. The third kappa shape index (κ3) is 3.58. The van der Waals surface area contributed by atoms with Crippen molar-refractivity contribution in [3.63, 3.8) is 0 Å². The molecule has 0 fully saturated rings. The van der Waals surface area contributed by atoms with E-state index in [0.29, 0.717) is 31.1 Å². The fourth-order valence-corrected chi connectivity index (χ4v) is 3.46. The Balaban J connectivity index is 1.45. The van der Waals surface area contributed by atoms with Gasteiger partial charge in [0.05, 0.1) is 23.6 Å². The molecule has 3 N–H and O–H groups in total. The van der Waals surface area contributed by atoms with E-state index in [0.717, 1.165) is 5.56 Å². The highest BCUT2D eigenvalue weighted by atomic mass is 16.6. The van der Waals surface area contributed by atoms with Crippen LogP contribution in [0.4, 0.5) is 10.5 Å². The summed E-state index contributed by atoms with van der Waals surface area (Å²) >= 11 is 0. The average Bonchev–Trinajstić information content (AvgIpc) is 3.15. The summed E-state index contributed by atoms with van der Waals surface area (Å²) in [5.74, 6) is 0.579. The molecule has 1 aromatic rings. The van der Waals surface area contributed by atoms with Crippen LogP contribution >= 0.6 is 0 Å². The molecule has 3 heterocycles. The van der Waals surface area contributed by atoms with E-state index in [9.17, 15) is 19.7 Å². The molecule has 1 aromatic carbocycles. The van der Waals surface area contributed by atoms with Gasteiger partial charge in [-0.25, -0.2) is 9.79 Å². The van der Waals surface area contributed by atoms with Crippen LogP contribution in [-0.2, 0) is 16.0 Å². The van der Waals surface area contributed by atoms with E-state index in [1.807, 2.05) is 0 Å². The van der Waals surface area contributed by atoms with Crippen molar-refractivity contribution >= 4 is 23.9 Å². The number of nitrogens with zero attached hydrogens (tertiary/aromatic N) is 3. The maximum atomic E-state index is 12.4. The van der Waals surface area contributed by atoms with Gasteiger partial charge in [0, 0.05) is 31.3 Å². The highest BCUT2D eigenvalue weighted by Crippen LogP contribution is 2.36. The Labute approximate surface area is 171 Å². The molecule has 158 valence electrons. The van der Waals surface area contributed by atoms with Gasteiger partial charge in [0.2, 0.25) is 0 Å². The van der Waals surface area contributed by atoms with E-state index in [-0.39, 0.29) is 16.9 Å². The predicted molar refractivity (Wildman–Crippen MR) is 104 cm³/mol. The number of rotatable bonds is 4. The molecule has 0 bridgehead atoms. The predicted octanol–water partition coefficient (Wildman–Crippen LogP) is 0.505. The number of carbonyl (C=O) groups is 2. The molecular weight excluding hydrogens is 396 g/mol. The number of carbonyl (C=O) groups excluding carboxylic acids is 2. The molecule has 0 radical (unpaired) electrons. The zero-order valence-electron chi connectivity index (χ0n) is 16.3. The molecule has 2 amide bonds. The summed E-state index contributed by atoms with van der Waals surface area (Å²) in [5, 5.41) is 19.5. The van der Waals surface area contributed by atoms with Crippen molar-refractivity contribution in [2.45, 2.75) is 25.7 Å². The molecule has 12 heteroatoms. The van der Waals surface area contributed by atoms with Gasteiger partial charge in [0.15, 0.2) is 12.0 Å². The summed E-state index contributed by atoms with van der Waals surface area (Å²) < 4.78 is 10.8. The first kappa shape index (κ1) is 19.5. The second-order valence-corrected chi connectivity index (χ2v) is 7.01. The first-order valence-electron chi connectivity index (χ1n) is 9.30. The minimum absolute atomic E-state index is 0.139. The SMILES string of the molecule is CC(OC(=O)NC1NC(=O)C2=C(N1)N(C)CC=N2)c1cc2c(cc1[N+](=O)[O-])CCO2. The molecule has 4 rings (SSSR count). The van der Waals surface area contributed by atoms with Gasteiger partial charge in [-0.15, -0.1) is 0 Å². The Morgan fingerprint density at radius 1 is 1.47 bits per heavy atom. The molecule has 0 saturated heterocycles. The third-order valence-corrected chi connectivity index (χ3v) is 4.97. The Morgan fingerprint density at radius 2 is 2.27 bits per heavy atom. The molecule has 2 atom stereocenters. The number of fused-ring (bicyclic) bond motifs is 1. The van der Waals surface area contributed by atoms with Gasteiger partial charge >= 0.3 is 6.09 Å². The molecule has 3 aliphatic rings. The number of benzene rings is 1. The zero-order chi connectivity index (χ0) is 21.4. The van der Waals surface area contributed by atoms with Gasteiger partial charge in [-0.1, -0.05) is 0 Å². The van der Waals surface area contributed by atoms with Gasteiger partial charge in [-0.05, 0) is 13.0 Å². The summed E-state index contributed by atoms with van der Waals surface area (Å²) in [7, 11) is 1.78. The van der Waals surface area contributed by atoms with Crippen LogP contribution < -0.4 is 20.7 Å². The molecule has 0 aliphatic carbocycles. The normalized spacial score (nSPS) is 20.4. The lowest BCUT2D eigenvalue weighted by Crippen LogP contribution is -2.61. The zero-order valence-corrected chi connectivity index (χ0v) is 16.3. The molecule has 2 unspecified atom stereocenters. The average molecular weight is 416 g/mol. The Bertz CT molecular complexity index is 990. The van der Waals surface area contributed by atoms with Gasteiger partial charge in [-0.3, -0.25) is 20.2 Å². The van der Waals surface area contributed by atoms with Crippen LogP contribution in [0, 0.1) is 10.1 Å². The van der Waals surface area contributed by atoms with Crippen molar-refractivity contribution in [1.29, 1.82) is 0 Å². The van der Waals surface area contributed by atoms with Crippen molar-refractivity contribution in [2.75, 3.05) is 20.2 Å². The number of nitro benzene ring substituents is 1. The summed E-state index contributed by atoms with van der Waals surface area (Å²) in [6, 6.07) is 2.98. The number of ether oxygens (including phenoxy) is 2. The summed E-state index contributed by atoms with van der Waals surface area (Å²) in [6.07, 6.45) is -0.505. The van der Waals surface area contributed by atoms with Gasteiger partial charge in [-0.2, -0.15) is 0 Å². The van der Waals surface area contributed by atoms with Gasteiger partial charge in [0.1, 0.15) is 17.7 Å². The van der Waals surface area contributed by atoms with Crippen LogP contribution in [0.1, 0.15) is 24.2 Å². The fourth-order valence-electron chi connectivity index (χ4n) is 3.46. The molecule has 0 spiro atoms. The van der Waals surface area contributed by atoms with E-state index in [2.05, 4.69) is 20.9 Å². The number of nitro groups is 1. The van der Waals surface area contributed by atoms with E-state index in [1.54, 1.807) is 18.2 Å². The maximum absolute atomic E-state index is 12.4. The molecule has 30 heavy (non-hydrogen) atoms. The van der Waals surface area contributed by atoms with Crippen LogP contribution in [0.3, 0.4) is 0 Å². The lowest BCUT2D eigenvalue weighted by molar-refractivity contribution is -0.386. The van der Waals surface area contributed by atoms with Gasteiger partial charge in [0.25, 0.3) is 11.6 Å². The van der Waals surface area contributed by atoms with Crippen molar-refractivity contribution < 1.29 is 24.0 Å². The molecular formula is C18H20N6O6. The summed E-state index contributed by atoms with van der Waals surface area (Å²) in [5.41, 5.74) is 1.06. The Kier molecular flexibility index (Phi) is 4.90. The molecule has 0 aromatic heterocycles. The Morgan fingerprint density at radius 3 is 3.03 bits per heavy atom. The highest BCUT2D eigenvalue weighted by molar-refractivity contribution is 5.97. The van der Waals surface area contributed by atoms with Crippen molar-refractivity contribution in [3.05, 3.63) is 44.9 Å². The van der Waals surface area contributed by atoms with Crippen molar-refractivity contribution in [2.24, 2.45) is 4.99 Å². The smallest absolute Gasteiger partial charge is 0.410 e. The standard InChI is InChI=1S/C18H20N6O6/c1-9(11-8-13-10(3-6-29-13)7-12(11)24(27)28)30-18(26)22-17-20-15-14(16(25)21-17)19-4-5-23(15)2/h4,7-9,17,20H,3,5-6H2,1-2H3,(H,21,25)(H,22,26). The number of aliphatic imine (C=N–C) groups is 1. The number of hydrogen-bond acceptors (Lipinski definition) is 9. The Hall–Kier alpha value is -3.83. The molecule has 0 saturated carbocycles. The van der Waals surface area contributed by atoms with Crippen LogP contribution in [0.25, 0.3) is 0 Å². The monoisotopic (exact) mass is 416 g/mol. The van der Waals surface area contributed by atoms with Crippen molar-refractivity contribution in [3.8, 4) is 5.75 Å². The second kappa shape index (κ2) is 7.54. The summed E-state index contributed by atoms with van der Waals surface area (Å²) in [4.78, 5) is 41.4.